The molecule has 0 fully saturated rings. The van der Waals surface area contributed by atoms with Crippen molar-refractivity contribution in [3.05, 3.63) is 15.9 Å². The molecule has 102 valence electrons. The van der Waals surface area contributed by atoms with E-state index in [-0.39, 0.29) is 16.2 Å². The van der Waals surface area contributed by atoms with Crippen LogP contribution < -0.4 is 10.0 Å². The summed E-state index contributed by atoms with van der Waals surface area (Å²) in [6.45, 7) is 5.14. The van der Waals surface area contributed by atoms with Crippen LogP contribution in [0.3, 0.4) is 0 Å². The van der Waals surface area contributed by atoms with Crippen LogP contribution in [0.15, 0.2) is 20.1 Å². The van der Waals surface area contributed by atoms with Crippen LogP contribution in [-0.2, 0) is 14.8 Å². The van der Waals surface area contributed by atoms with Gasteiger partial charge in [0.2, 0.25) is 5.91 Å². The zero-order chi connectivity index (χ0) is 13.9. The van der Waals surface area contributed by atoms with Crippen LogP contribution in [0.2, 0.25) is 0 Å². The van der Waals surface area contributed by atoms with Crippen molar-refractivity contribution >= 4 is 43.2 Å². The molecule has 18 heavy (non-hydrogen) atoms. The quantitative estimate of drug-likeness (QED) is 0.844. The van der Waals surface area contributed by atoms with E-state index in [4.69, 9.17) is 0 Å². The first-order valence-electron chi connectivity index (χ1n) is 5.30. The van der Waals surface area contributed by atoms with Crippen LogP contribution in [0.4, 0.5) is 0 Å². The second-order valence-electron chi connectivity index (χ2n) is 4.06. The molecule has 0 saturated carbocycles. The van der Waals surface area contributed by atoms with Crippen LogP contribution in [0.1, 0.15) is 20.8 Å². The molecular weight excluding hydrogens is 340 g/mol. The standard InChI is InChI=1S/C10H15BrN2O3S2/c1-6(2)12-10(14)7(3)13-18(15,16)9-5-4-8(11)17-9/h4-7,13H,1-3H3,(H,12,14). The van der Waals surface area contributed by atoms with Gasteiger partial charge in [-0.2, -0.15) is 4.72 Å². The molecule has 0 saturated heterocycles. The van der Waals surface area contributed by atoms with Crippen LogP contribution >= 0.6 is 27.3 Å². The number of nitrogens with one attached hydrogen (secondary N) is 2. The van der Waals surface area contributed by atoms with Gasteiger partial charge >= 0.3 is 0 Å². The van der Waals surface area contributed by atoms with Crippen molar-refractivity contribution in [2.75, 3.05) is 0 Å². The summed E-state index contributed by atoms with van der Waals surface area (Å²) < 4.78 is 27.1. The first kappa shape index (κ1) is 15.6. The Morgan fingerprint density at radius 1 is 1.33 bits per heavy atom. The topological polar surface area (TPSA) is 75.3 Å². The van der Waals surface area contributed by atoms with E-state index in [1.807, 2.05) is 13.8 Å². The summed E-state index contributed by atoms with van der Waals surface area (Å²) in [6.07, 6.45) is 0. The Morgan fingerprint density at radius 3 is 2.39 bits per heavy atom. The third-order valence-corrected chi connectivity index (χ3v) is 5.63. The predicted octanol–water partition coefficient (Wildman–Crippen LogP) is 1.70. The minimum atomic E-state index is -3.64. The fourth-order valence-electron chi connectivity index (χ4n) is 1.20. The number of thiophene rings is 1. The molecule has 1 unspecified atom stereocenters. The van der Waals surface area contributed by atoms with E-state index in [1.54, 1.807) is 6.07 Å². The van der Waals surface area contributed by atoms with Gasteiger partial charge in [-0.3, -0.25) is 4.79 Å². The van der Waals surface area contributed by atoms with Gasteiger partial charge < -0.3 is 5.32 Å². The molecule has 0 aliphatic rings. The molecule has 1 aromatic heterocycles. The summed E-state index contributed by atoms with van der Waals surface area (Å²) in [5.41, 5.74) is 0. The van der Waals surface area contributed by atoms with Gasteiger partial charge in [-0.05, 0) is 48.8 Å². The minimum absolute atomic E-state index is 0.0275. The molecule has 0 aliphatic heterocycles. The van der Waals surface area contributed by atoms with E-state index in [2.05, 4.69) is 26.0 Å². The first-order valence-corrected chi connectivity index (χ1v) is 8.39. The Bertz CT molecular complexity index is 525. The Kier molecular flexibility index (Phi) is 5.32. The fraction of sp³-hybridized carbons (Fsp3) is 0.500. The van der Waals surface area contributed by atoms with Gasteiger partial charge in [0.1, 0.15) is 4.21 Å². The first-order chi connectivity index (χ1) is 8.22. The van der Waals surface area contributed by atoms with Gasteiger partial charge in [0.05, 0.1) is 9.83 Å². The third-order valence-electron chi connectivity index (χ3n) is 1.97. The molecule has 1 rings (SSSR count). The average molecular weight is 355 g/mol. The van der Waals surface area contributed by atoms with Crippen LogP contribution in [0.25, 0.3) is 0 Å². The lowest BCUT2D eigenvalue weighted by Gasteiger charge is -2.15. The average Bonchev–Trinajstić information content (AvgIpc) is 2.63. The van der Waals surface area contributed by atoms with Crippen molar-refractivity contribution in [2.24, 2.45) is 0 Å². The molecule has 0 bridgehead atoms. The Morgan fingerprint density at radius 2 is 1.94 bits per heavy atom. The summed E-state index contributed by atoms with van der Waals surface area (Å²) in [6, 6.07) is 2.31. The van der Waals surface area contributed by atoms with E-state index in [9.17, 15) is 13.2 Å². The monoisotopic (exact) mass is 354 g/mol. The van der Waals surface area contributed by atoms with E-state index in [0.717, 1.165) is 15.1 Å². The Hall–Kier alpha value is -0.440. The molecule has 8 heteroatoms. The van der Waals surface area contributed by atoms with E-state index < -0.39 is 16.1 Å². The van der Waals surface area contributed by atoms with E-state index in [0.29, 0.717) is 0 Å². The zero-order valence-electron chi connectivity index (χ0n) is 10.2. The number of amides is 1. The van der Waals surface area contributed by atoms with Gasteiger partial charge in [0.15, 0.2) is 0 Å². The summed E-state index contributed by atoms with van der Waals surface area (Å²) in [4.78, 5) is 11.6. The molecule has 1 heterocycles. The van der Waals surface area contributed by atoms with Crippen molar-refractivity contribution in [3.63, 3.8) is 0 Å². The van der Waals surface area contributed by atoms with Crippen molar-refractivity contribution in [1.29, 1.82) is 0 Å². The molecule has 1 amide bonds. The molecule has 0 radical (unpaired) electrons. The maximum atomic E-state index is 11.9. The number of carbonyl (C=O) groups is 1. The lowest BCUT2D eigenvalue weighted by Crippen LogP contribution is -2.46. The summed E-state index contributed by atoms with van der Waals surface area (Å²) >= 11 is 4.30. The molecule has 0 aromatic carbocycles. The number of rotatable bonds is 5. The van der Waals surface area contributed by atoms with E-state index in [1.165, 1.54) is 13.0 Å². The highest BCUT2D eigenvalue weighted by molar-refractivity contribution is 9.11. The number of hydrogen-bond acceptors (Lipinski definition) is 4. The van der Waals surface area contributed by atoms with Gasteiger partial charge in [0, 0.05) is 6.04 Å². The van der Waals surface area contributed by atoms with Crippen molar-refractivity contribution in [2.45, 2.75) is 37.1 Å². The maximum Gasteiger partial charge on any atom is 0.250 e. The smallest absolute Gasteiger partial charge is 0.250 e. The molecular formula is C10H15BrN2O3S2. The third kappa shape index (κ3) is 4.34. The van der Waals surface area contributed by atoms with Gasteiger partial charge in [-0.25, -0.2) is 8.42 Å². The van der Waals surface area contributed by atoms with Crippen molar-refractivity contribution < 1.29 is 13.2 Å². The summed E-state index contributed by atoms with van der Waals surface area (Å²) in [5.74, 6) is -0.343. The highest BCUT2D eigenvalue weighted by Crippen LogP contribution is 2.25. The highest BCUT2D eigenvalue weighted by Gasteiger charge is 2.23. The highest BCUT2D eigenvalue weighted by atomic mass is 79.9. The lowest BCUT2D eigenvalue weighted by atomic mass is 10.3. The molecule has 1 aromatic rings. The molecule has 0 spiro atoms. The summed E-state index contributed by atoms with van der Waals surface area (Å²) in [7, 11) is -3.64. The number of sulfonamides is 1. The Labute approximate surface area is 119 Å². The summed E-state index contributed by atoms with van der Waals surface area (Å²) in [5, 5.41) is 2.65. The SMILES string of the molecule is CC(C)NC(=O)C(C)NS(=O)(=O)c1ccc(Br)s1. The normalized spacial score (nSPS) is 13.6. The number of hydrogen-bond donors (Lipinski definition) is 2. The van der Waals surface area contributed by atoms with Crippen LogP contribution in [-0.4, -0.2) is 26.4 Å². The van der Waals surface area contributed by atoms with Crippen molar-refractivity contribution in [1.82, 2.24) is 10.0 Å². The van der Waals surface area contributed by atoms with Gasteiger partial charge in [-0.15, -0.1) is 11.3 Å². The molecule has 1 atom stereocenters. The minimum Gasteiger partial charge on any atom is -0.353 e. The fourth-order valence-corrected chi connectivity index (χ4v) is 4.43. The predicted molar refractivity (Wildman–Crippen MR) is 75.1 cm³/mol. The lowest BCUT2D eigenvalue weighted by molar-refractivity contribution is -0.122. The second kappa shape index (κ2) is 6.14. The molecule has 0 aliphatic carbocycles. The zero-order valence-corrected chi connectivity index (χ0v) is 13.4. The van der Waals surface area contributed by atoms with E-state index >= 15 is 0 Å². The largest absolute Gasteiger partial charge is 0.353 e. The van der Waals surface area contributed by atoms with Gasteiger partial charge in [-0.1, -0.05) is 0 Å². The van der Waals surface area contributed by atoms with Crippen LogP contribution in [0.5, 0.6) is 0 Å². The molecule has 5 nitrogen and oxygen atoms in total. The molecule has 2 N–H and O–H groups in total. The number of carbonyl (C=O) groups excluding carboxylic acids is 1. The Balaban J connectivity index is 2.75. The van der Waals surface area contributed by atoms with Gasteiger partial charge in [0.25, 0.3) is 10.0 Å². The number of halogens is 1. The maximum absolute atomic E-state index is 11.9. The second-order valence-corrected chi connectivity index (χ2v) is 8.47. The van der Waals surface area contributed by atoms with Crippen LogP contribution in [0, 0.1) is 0 Å². The van der Waals surface area contributed by atoms with Crippen molar-refractivity contribution in [3.8, 4) is 0 Å².